The van der Waals surface area contributed by atoms with Crippen LogP contribution in [0.25, 0.3) is 0 Å². The molecule has 0 aliphatic rings. The van der Waals surface area contributed by atoms with E-state index in [1.54, 1.807) is 6.92 Å². The Morgan fingerprint density at radius 2 is 1.73 bits per heavy atom. The van der Waals surface area contributed by atoms with Gasteiger partial charge in [0.15, 0.2) is 5.78 Å². The van der Waals surface area contributed by atoms with E-state index in [0.717, 1.165) is 0 Å². The van der Waals surface area contributed by atoms with Gasteiger partial charge in [-0.15, -0.1) is 0 Å². The van der Waals surface area contributed by atoms with E-state index in [1.807, 2.05) is 0 Å². The average molecular weight is 222 g/mol. The minimum atomic E-state index is -3.54. The van der Waals surface area contributed by atoms with Crippen molar-refractivity contribution >= 4 is 17.5 Å². The number of hydrogen-bond donors (Lipinski definition) is 0. The third-order valence-corrected chi connectivity index (χ3v) is 1.49. The molecule has 6 heteroatoms. The second kappa shape index (κ2) is 5.53. The van der Waals surface area contributed by atoms with Gasteiger partial charge < -0.3 is 4.74 Å². The highest BCUT2D eigenvalue weighted by molar-refractivity contribution is 6.07. The lowest BCUT2D eigenvalue weighted by molar-refractivity contribution is -0.147. The van der Waals surface area contributed by atoms with E-state index in [-0.39, 0.29) is 6.61 Å². The molecule has 0 aliphatic carbocycles. The van der Waals surface area contributed by atoms with E-state index in [9.17, 15) is 23.2 Å². The average Bonchev–Trinajstić information content (AvgIpc) is 2.01. The predicted molar refractivity (Wildman–Crippen MR) is 46.5 cm³/mol. The molecule has 0 saturated carbocycles. The van der Waals surface area contributed by atoms with Crippen LogP contribution in [-0.4, -0.2) is 30.1 Å². The molecule has 86 valence electrons. The first-order chi connectivity index (χ1) is 6.77. The van der Waals surface area contributed by atoms with Gasteiger partial charge in [0.1, 0.15) is 6.42 Å². The summed E-state index contributed by atoms with van der Waals surface area (Å²) in [4.78, 5) is 32.4. The fraction of sp³-hybridized carbons (Fsp3) is 0.667. The molecule has 0 N–H and O–H groups in total. The Balaban J connectivity index is 4.05. The van der Waals surface area contributed by atoms with Crippen molar-refractivity contribution < 1.29 is 27.9 Å². The molecule has 0 unspecified atom stereocenters. The van der Waals surface area contributed by atoms with E-state index in [1.165, 1.54) is 0 Å². The first-order valence-electron chi connectivity index (χ1n) is 4.35. The Bertz CT molecular complexity index is 268. The third kappa shape index (κ3) is 5.87. The van der Waals surface area contributed by atoms with E-state index < -0.39 is 36.3 Å². The van der Waals surface area contributed by atoms with Gasteiger partial charge >= 0.3 is 11.9 Å². The zero-order valence-corrected chi connectivity index (χ0v) is 8.51. The van der Waals surface area contributed by atoms with Crippen LogP contribution in [0.5, 0.6) is 0 Å². The molecule has 4 nitrogen and oxygen atoms in total. The van der Waals surface area contributed by atoms with Crippen molar-refractivity contribution in [3.05, 3.63) is 0 Å². The maximum atomic E-state index is 12.3. The molecule has 0 heterocycles. The minimum Gasteiger partial charge on any atom is -0.466 e. The van der Waals surface area contributed by atoms with Crippen molar-refractivity contribution in [3.63, 3.8) is 0 Å². The summed E-state index contributed by atoms with van der Waals surface area (Å²) in [6.45, 7) is 2.06. The van der Waals surface area contributed by atoms with Gasteiger partial charge in [0.05, 0.1) is 13.0 Å². The highest BCUT2D eigenvalue weighted by atomic mass is 19.3. The van der Waals surface area contributed by atoms with Gasteiger partial charge in [-0.3, -0.25) is 14.4 Å². The number of ether oxygens (including phenoxy) is 1. The van der Waals surface area contributed by atoms with E-state index in [4.69, 9.17) is 0 Å². The largest absolute Gasteiger partial charge is 0.466 e. The summed E-state index contributed by atoms with van der Waals surface area (Å²) < 4.78 is 29.1. The summed E-state index contributed by atoms with van der Waals surface area (Å²) >= 11 is 0. The Morgan fingerprint density at radius 1 is 1.20 bits per heavy atom. The summed E-state index contributed by atoms with van der Waals surface area (Å²) in [5.74, 6) is -6.70. The van der Waals surface area contributed by atoms with Gasteiger partial charge in [-0.05, 0) is 6.92 Å². The second-order valence-corrected chi connectivity index (χ2v) is 3.01. The van der Waals surface area contributed by atoms with Crippen LogP contribution >= 0.6 is 0 Å². The zero-order valence-electron chi connectivity index (χ0n) is 8.51. The van der Waals surface area contributed by atoms with Crippen LogP contribution in [0.1, 0.15) is 26.7 Å². The third-order valence-electron chi connectivity index (χ3n) is 1.49. The van der Waals surface area contributed by atoms with E-state index in [0.29, 0.717) is 6.92 Å². The molecule has 0 amide bonds. The van der Waals surface area contributed by atoms with Crippen LogP contribution in [0.3, 0.4) is 0 Å². The topological polar surface area (TPSA) is 60.4 Å². The smallest absolute Gasteiger partial charge is 0.313 e. The molecule has 0 aromatic heterocycles. The summed E-state index contributed by atoms with van der Waals surface area (Å²) in [7, 11) is 0. The lowest BCUT2D eigenvalue weighted by atomic mass is 10.1. The van der Waals surface area contributed by atoms with Crippen molar-refractivity contribution in [1.29, 1.82) is 0 Å². The van der Waals surface area contributed by atoms with E-state index in [2.05, 4.69) is 4.74 Å². The van der Waals surface area contributed by atoms with Crippen LogP contribution < -0.4 is 0 Å². The molecule has 0 radical (unpaired) electrons. The van der Waals surface area contributed by atoms with Crippen LogP contribution in [0, 0.1) is 0 Å². The molecule has 0 rings (SSSR count). The number of rotatable bonds is 6. The Kier molecular flexibility index (Phi) is 5.04. The molecule has 0 saturated heterocycles. The number of halogens is 2. The lowest BCUT2D eigenvalue weighted by Crippen LogP contribution is -2.27. The number of Topliss-reactive ketones (excluding diaryl/α,β-unsaturated/α-hetero) is 2. The molecular formula is C9H12F2O4. The van der Waals surface area contributed by atoms with E-state index >= 15 is 0 Å². The lowest BCUT2D eigenvalue weighted by Gasteiger charge is -2.07. The monoisotopic (exact) mass is 222 g/mol. The SMILES string of the molecule is CCOC(=O)CC(=O)CC(=O)C(C)(F)F. The summed E-state index contributed by atoms with van der Waals surface area (Å²) in [5, 5.41) is 0. The molecule has 0 aliphatic heterocycles. The fourth-order valence-corrected chi connectivity index (χ4v) is 0.770. The number of esters is 1. The molecule has 0 spiro atoms. The fourth-order valence-electron chi connectivity index (χ4n) is 0.770. The van der Waals surface area contributed by atoms with Crippen molar-refractivity contribution in [1.82, 2.24) is 0 Å². The number of alkyl halides is 2. The molecule has 0 fully saturated rings. The number of ketones is 2. The molecular weight excluding hydrogens is 210 g/mol. The maximum Gasteiger partial charge on any atom is 0.313 e. The van der Waals surface area contributed by atoms with Crippen molar-refractivity contribution in [3.8, 4) is 0 Å². The quantitative estimate of drug-likeness (QED) is 0.499. The maximum absolute atomic E-state index is 12.3. The van der Waals surface area contributed by atoms with Gasteiger partial charge in [0, 0.05) is 6.92 Å². The predicted octanol–water partition coefficient (Wildman–Crippen LogP) is 1.12. The Labute approximate surface area is 85.6 Å². The second-order valence-electron chi connectivity index (χ2n) is 3.01. The minimum absolute atomic E-state index is 0.101. The Hall–Kier alpha value is -1.33. The van der Waals surface area contributed by atoms with Gasteiger partial charge in [0.2, 0.25) is 5.78 Å². The van der Waals surface area contributed by atoms with Crippen LogP contribution in [0.2, 0.25) is 0 Å². The van der Waals surface area contributed by atoms with Crippen molar-refractivity contribution in [2.45, 2.75) is 32.6 Å². The van der Waals surface area contributed by atoms with Crippen LogP contribution in [-0.2, 0) is 19.1 Å². The molecule has 0 bridgehead atoms. The van der Waals surface area contributed by atoms with Gasteiger partial charge in [-0.25, -0.2) is 0 Å². The molecule has 15 heavy (non-hydrogen) atoms. The highest BCUT2D eigenvalue weighted by Gasteiger charge is 2.33. The first kappa shape index (κ1) is 13.7. The number of carbonyl (C=O) groups excluding carboxylic acids is 3. The molecule has 0 aromatic carbocycles. The van der Waals surface area contributed by atoms with Gasteiger partial charge in [-0.2, -0.15) is 8.78 Å². The zero-order chi connectivity index (χ0) is 12.1. The normalized spacial score (nSPS) is 10.9. The summed E-state index contributed by atoms with van der Waals surface area (Å²) in [5.41, 5.74) is 0. The van der Waals surface area contributed by atoms with Gasteiger partial charge in [-0.1, -0.05) is 0 Å². The number of carbonyl (C=O) groups is 3. The van der Waals surface area contributed by atoms with Crippen molar-refractivity contribution in [2.75, 3.05) is 6.61 Å². The standard InChI is InChI=1S/C9H12F2O4/c1-3-15-8(14)5-6(12)4-7(13)9(2,10)11/h3-5H2,1-2H3. The number of hydrogen-bond acceptors (Lipinski definition) is 4. The Morgan fingerprint density at radius 3 is 2.13 bits per heavy atom. The van der Waals surface area contributed by atoms with Crippen LogP contribution in [0.15, 0.2) is 0 Å². The molecule has 0 aromatic rings. The summed E-state index contributed by atoms with van der Waals surface area (Å²) in [6, 6.07) is 0. The summed E-state index contributed by atoms with van der Waals surface area (Å²) in [6.07, 6.45) is -1.59. The first-order valence-corrected chi connectivity index (χ1v) is 4.35. The van der Waals surface area contributed by atoms with Gasteiger partial charge in [0.25, 0.3) is 0 Å². The highest BCUT2D eigenvalue weighted by Crippen LogP contribution is 2.15. The van der Waals surface area contributed by atoms with Crippen molar-refractivity contribution in [2.24, 2.45) is 0 Å². The van der Waals surface area contributed by atoms with Crippen LogP contribution in [0.4, 0.5) is 8.78 Å². The molecule has 0 atom stereocenters.